The smallest absolute Gasteiger partial charge is 0.387 e. The molecule has 0 unspecified atom stereocenters. The summed E-state index contributed by atoms with van der Waals surface area (Å²) in [6.45, 7) is -0.901. The molecule has 1 N–H and O–H groups in total. The minimum absolute atomic E-state index is 0.0424. The largest absolute Gasteiger partial charge is 0.435 e. The Morgan fingerprint density at radius 3 is 2.46 bits per heavy atom. The Balaban J connectivity index is 1.64. The van der Waals surface area contributed by atoms with Crippen LogP contribution in [0.25, 0.3) is 0 Å². The first kappa shape index (κ1) is 16.5. The minimum Gasteiger partial charge on any atom is -0.435 e. The highest BCUT2D eigenvalue weighted by Crippen LogP contribution is 2.24. The van der Waals surface area contributed by atoms with Gasteiger partial charge >= 0.3 is 12.6 Å². The van der Waals surface area contributed by atoms with Crippen LogP contribution in [-0.4, -0.2) is 49.1 Å². The molecule has 2 aliphatic rings. The molecule has 24 heavy (non-hydrogen) atoms. The maximum atomic E-state index is 12.6. The molecule has 0 radical (unpaired) electrons. The predicted molar refractivity (Wildman–Crippen MR) is 83.2 cm³/mol. The van der Waals surface area contributed by atoms with Gasteiger partial charge in [-0.05, 0) is 43.5 Å². The molecule has 0 aromatic heterocycles. The maximum Gasteiger partial charge on any atom is 0.387 e. The summed E-state index contributed by atoms with van der Waals surface area (Å²) in [5.74, 6) is -0.140. The molecule has 2 saturated heterocycles. The first-order valence-electron chi connectivity index (χ1n) is 7.96. The van der Waals surface area contributed by atoms with E-state index in [9.17, 15) is 18.4 Å². The second-order valence-corrected chi connectivity index (χ2v) is 5.85. The number of hydrogen-bond donors (Lipinski definition) is 1. The summed E-state index contributed by atoms with van der Waals surface area (Å²) in [4.78, 5) is 27.8. The highest BCUT2D eigenvalue weighted by atomic mass is 19.3. The molecule has 8 heteroatoms. The third-order valence-corrected chi connectivity index (χ3v) is 4.25. The number of amides is 3. The van der Waals surface area contributed by atoms with Crippen molar-refractivity contribution in [3.05, 3.63) is 24.3 Å². The average molecular weight is 339 g/mol. The van der Waals surface area contributed by atoms with Gasteiger partial charge in [-0.1, -0.05) is 0 Å². The Hall–Kier alpha value is -2.38. The fraction of sp³-hybridized carbons (Fsp3) is 0.500. The van der Waals surface area contributed by atoms with Crippen molar-refractivity contribution in [2.75, 3.05) is 24.5 Å². The lowest BCUT2D eigenvalue weighted by Gasteiger charge is -2.36. The van der Waals surface area contributed by atoms with Crippen LogP contribution >= 0.6 is 0 Å². The van der Waals surface area contributed by atoms with Gasteiger partial charge in [-0.25, -0.2) is 4.79 Å². The van der Waals surface area contributed by atoms with E-state index in [2.05, 4.69) is 10.1 Å². The highest BCUT2D eigenvalue weighted by molar-refractivity contribution is 5.99. The number of urea groups is 1. The molecular formula is C16H19F2N3O3. The van der Waals surface area contributed by atoms with Crippen LogP contribution in [0.1, 0.15) is 19.3 Å². The standard InChI is InChI=1S/C16H19F2N3O3/c17-15(18)24-12-6-4-11(5-7-12)21-10-1-3-13(14(21)22)19-16(23)20-8-2-9-20/h4-7,13,15H,1-3,8-10H2,(H,19,23)/t13-/m0/s1. The second kappa shape index (κ2) is 7.02. The number of rotatable bonds is 4. The molecule has 0 bridgehead atoms. The van der Waals surface area contributed by atoms with Gasteiger partial charge in [0.1, 0.15) is 11.8 Å². The van der Waals surface area contributed by atoms with E-state index in [-0.39, 0.29) is 17.7 Å². The number of alkyl halides is 2. The van der Waals surface area contributed by atoms with Gasteiger partial charge in [0.25, 0.3) is 0 Å². The molecule has 0 saturated carbocycles. The monoisotopic (exact) mass is 339 g/mol. The molecule has 6 nitrogen and oxygen atoms in total. The van der Waals surface area contributed by atoms with Crippen LogP contribution in [0.15, 0.2) is 24.3 Å². The van der Waals surface area contributed by atoms with Crippen LogP contribution in [0.3, 0.4) is 0 Å². The fourth-order valence-electron chi connectivity index (χ4n) is 2.83. The summed E-state index contributed by atoms with van der Waals surface area (Å²) in [6, 6.07) is 5.17. The van der Waals surface area contributed by atoms with E-state index >= 15 is 0 Å². The van der Waals surface area contributed by atoms with Crippen molar-refractivity contribution in [1.82, 2.24) is 10.2 Å². The third kappa shape index (κ3) is 3.58. The van der Waals surface area contributed by atoms with Gasteiger partial charge in [0.2, 0.25) is 5.91 Å². The van der Waals surface area contributed by atoms with E-state index < -0.39 is 12.7 Å². The lowest BCUT2D eigenvalue weighted by atomic mass is 10.0. The van der Waals surface area contributed by atoms with Crippen molar-refractivity contribution < 1.29 is 23.1 Å². The van der Waals surface area contributed by atoms with Crippen molar-refractivity contribution in [3.8, 4) is 5.75 Å². The van der Waals surface area contributed by atoms with Crippen LogP contribution in [0, 0.1) is 0 Å². The number of piperidine rings is 1. The molecule has 2 heterocycles. The predicted octanol–water partition coefficient (Wildman–Crippen LogP) is 2.20. The number of anilines is 1. The number of carbonyl (C=O) groups excluding carboxylic acids is 2. The van der Waals surface area contributed by atoms with Gasteiger partial charge in [-0.2, -0.15) is 8.78 Å². The van der Waals surface area contributed by atoms with Gasteiger partial charge in [0.05, 0.1) is 0 Å². The van der Waals surface area contributed by atoms with E-state index in [1.807, 2.05) is 0 Å². The summed E-state index contributed by atoms with van der Waals surface area (Å²) in [5.41, 5.74) is 0.601. The summed E-state index contributed by atoms with van der Waals surface area (Å²) >= 11 is 0. The zero-order chi connectivity index (χ0) is 17.1. The number of nitrogens with one attached hydrogen (secondary N) is 1. The Labute approximate surface area is 138 Å². The molecule has 1 aromatic rings. The van der Waals surface area contributed by atoms with Crippen LogP contribution < -0.4 is 15.0 Å². The third-order valence-electron chi connectivity index (χ3n) is 4.25. The Morgan fingerprint density at radius 2 is 1.88 bits per heavy atom. The summed E-state index contributed by atoms with van der Waals surface area (Å²) < 4.78 is 28.7. The van der Waals surface area contributed by atoms with E-state index in [1.54, 1.807) is 21.9 Å². The van der Waals surface area contributed by atoms with Gasteiger partial charge in [-0.3, -0.25) is 4.79 Å². The maximum absolute atomic E-state index is 12.6. The second-order valence-electron chi connectivity index (χ2n) is 5.85. The van der Waals surface area contributed by atoms with E-state index in [0.717, 1.165) is 25.9 Å². The van der Waals surface area contributed by atoms with Gasteiger partial charge in [-0.15, -0.1) is 0 Å². The van der Waals surface area contributed by atoms with Crippen LogP contribution in [0.4, 0.5) is 19.3 Å². The quantitative estimate of drug-likeness (QED) is 0.915. The number of carbonyl (C=O) groups is 2. The van der Waals surface area contributed by atoms with Crippen molar-refractivity contribution in [1.29, 1.82) is 0 Å². The first-order valence-corrected chi connectivity index (χ1v) is 7.96. The van der Waals surface area contributed by atoms with Gasteiger partial charge in [0, 0.05) is 25.3 Å². The lowest BCUT2D eigenvalue weighted by Crippen LogP contribution is -2.57. The summed E-state index contributed by atoms with van der Waals surface area (Å²) in [7, 11) is 0. The Kier molecular flexibility index (Phi) is 4.82. The molecule has 0 aliphatic carbocycles. The van der Waals surface area contributed by atoms with Crippen molar-refractivity contribution >= 4 is 17.6 Å². The van der Waals surface area contributed by atoms with Crippen molar-refractivity contribution in [2.45, 2.75) is 31.9 Å². The Bertz CT molecular complexity index is 605. The van der Waals surface area contributed by atoms with Crippen molar-refractivity contribution in [2.24, 2.45) is 0 Å². The van der Waals surface area contributed by atoms with E-state index in [4.69, 9.17) is 0 Å². The zero-order valence-electron chi connectivity index (χ0n) is 13.1. The molecule has 2 fully saturated rings. The number of likely N-dealkylation sites (tertiary alicyclic amines) is 1. The zero-order valence-corrected chi connectivity index (χ0v) is 13.1. The number of nitrogens with zero attached hydrogens (tertiary/aromatic N) is 2. The summed E-state index contributed by atoms with van der Waals surface area (Å²) in [5, 5.41) is 2.78. The fourth-order valence-corrected chi connectivity index (χ4v) is 2.83. The number of halogens is 2. The molecule has 3 rings (SSSR count). The lowest BCUT2D eigenvalue weighted by molar-refractivity contribution is -0.121. The van der Waals surface area contributed by atoms with Gasteiger partial charge in [0.15, 0.2) is 0 Å². The molecule has 3 amide bonds. The normalized spacial score (nSPS) is 20.8. The van der Waals surface area contributed by atoms with Crippen molar-refractivity contribution in [3.63, 3.8) is 0 Å². The van der Waals surface area contributed by atoms with Crippen LogP contribution in [0.5, 0.6) is 5.75 Å². The molecule has 1 aromatic carbocycles. The first-order chi connectivity index (χ1) is 11.5. The average Bonchev–Trinajstić information content (AvgIpc) is 2.48. The number of hydrogen-bond acceptors (Lipinski definition) is 3. The summed E-state index contributed by atoms with van der Waals surface area (Å²) in [6.07, 6.45) is 2.35. The molecular weight excluding hydrogens is 320 g/mol. The number of benzene rings is 1. The minimum atomic E-state index is -2.88. The van der Waals surface area contributed by atoms with Crippen LogP contribution in [0.2, 0.25) is 0 Å². The highest BCUT2D eigenvalue weighted by Gasteiger charge is 2.32. The molecule has 2 aliphatic heterocycles. The van der Waals surface area contributed by atoms with E-state index in [0.29, 0.717) is 18.7 Å². The van der Waals surface area contributed by atoms with E-state index in [1.165, 1.54) is 12.1 Å². The van der Waals surface area contributed by atoms with Crippen LogP contribution in [-0.2, 0) is 4.79 Å². The number of ether oxygens (including phenoxy) is 1. The molecule has 1 atom stereocenters. The molecule has 130 valence electrons. The SMILES string of the molecule is O=C(N[C@H]1CCCN(c2ccc(OC(F)F)cc2)C1=O)N1CCC1. The topological polar surface area (TPSA) is 61.9 Å². The Morgan fingerprint density at radius 1 is 1.17 bits per heavy atom. The van der Waals surface area contributed by atoms with Gasteiger partial charge < -0.3 is 19.9 Å². The molecule has 0 spiro atoms.